The van der Waals surface area contributed by atoms with Gasteiger partial charge in [-0.3, -0.25) is 0 Å². The van der Waals surface area contributed by atoms with Gasteiger partial charge in [0.25, 0.3) is 0 Å². The van der Waals surface area contributed by atoms with Gasteiger partial charge in [-0.25, -0.2) is 0 Å². The van der Waals surface area contributed by atoms with Crippen molar-refractivity contribution in [1.82, 2.24) is 5.32 Å². The Morgan fingerprint density at radius 3 is 2.67 bits per heavy atom. The van der Waals surface area contributed by atoms with Crippen molar-refractivity contribution < 1.29 is 4.74 Å². The van der Waals surface area contributed by atoms with Gasteiger partial charge in [-0.05, 0) is 29.5 Å². The molecule has 2 aromatic carbocycles. The van der Waals surface area contributed by atoms with E-state index in [0.29, 0.717) is 6.04 Å². The first kappa shape index (κ1) is 14.2. The summed E-state index contributed by atoms with van der Waals surface area (Å²) in [4.78, 5) is 0. The van der Waals surface area contributed by atoms with E-state index in [2.05, 4.69) is 61.6 Å². The molecule has 0 atom stereocenters. The van der Waals surface area contributed by atoms with Crippen LogP contribution in [0.1, 0.15) is 31.4 Å². The lowest BCUT2D eigenvalue weighted by molar-refractivity contribution is 0.289. The van der Waals surface area contributed by atoms with Gasteiger partial charge in [0.05, 0.1) is 6.61 Å². The minimum Gasteiger partial charge on any atom is -0.493 e. The average molecular weight is 281 g/mol. The van der Waals surface area contributed by atoms with Gasteiger partial charge in [-0.15, -0.1) is 0 Å². The van der Waals surface area contributed by atoms with Crippen molar-refractivity contribution in [3.8, 4) is 16.9 Å². The summed E-state index contributed by atoms with van der Waals surface area (Å²) in [5, 5.41) is 3.45. The van der Waals surface area contributed by atoms with Crippen LogP contribution in [-0.4, -0.2) is 12.6 Å². The number of aryl methyl sites for hydroxylation is 1. The molecule has 21 heavy (non-hydrogen) atoms. The average Bonchev–Trinajstić information content (AvgIpc) is 2.53. The van der Waals surface area contributed by atoms with Crippen LogP contribution in [0.15, 0.2) is 42.5 Å². The van der Waals surface area contributed by atoms with Crippen LogP contribution < -0.4 is 10.1 Å². The molecule has 2 aromatic rings. The molecule has 0 fully saturated rings. The Morgan fingerprint density at radius 1 is 1.10 bits per heavy atom. The molecule has 0 aliphatic carbocycles. The van der Waals surface area contributed by atoms with Crippen molar-refractivity contribution in [2.24, 2.45) is 0 Å². The molecule has 1 aliphatic rings. The lowest BCUT2D eigenvalue weighted by atomic mass is 9.97. The molecule has 0 saturated heterocycles. The molecular weight excluding hydrogens is 258 g/mol. The van der Waals surface area contributed by atoms with Crippen LogP contribution >= 0.6 is 0 Å². The number of benzene rings is 2. The van der Waals surface area contributed by atoms with E-state index in [-0.39, 0.29) is 0 Å². The molecule has 0 bridgehead atoms. The second-order valence-electron chi connectivity index (χ2n) is 5.98. The van der Waals surface area contributed by atoms with Gasteiger partial charge >= 0.3 is 0 Å². The fourth-order valence-corrected chi connectivity index (χ4v) is 2.74. The lowest BCUT2D eigenvalue weighted by Gasteiger charge is -2.20. The number of fused-ring (bicyclic) bond motifs is 1. The molecule has 2 heteroatoms. The zero-order valence-corrected chi connectivity index (χ0v) is 12.9. The highest BCUT2D eigenvalue weighted by molar-refractivity contribution is 5.72. The first-order valence-corrected chi connectivity index (χ1v) is 7.81. The summed E-state index contributed by atoms with van der Waals surface area (Å²) in [6, 6.07) is 15.8. The van der Waals surface area contributed by atoms with Crippen LogP contribution in [0.25, 0.3) is 11.1 Å². The van der Waals surface area contributed by atoms with E-state index >= 15 is 0 Å². The number of hydrogen-bond donors (Lipinski definition) is 1. The van der Waals surface area contributed by atoms with Crippen molar-refractivity contribution in [2.75, 3.05) is 6.61 Å². The molecule has 0 aromatic heterocycles. The Kier molecular flexibility index (Phi) is 4.26. The van der Waals surface area contributed by atoms with Gasteiger partial charge in [-0.1, -0.05) is 56.3 Å². The third-order valence-corrected chi connectivity index (χ3v) is 3.91. The number of nitrogens with one attached hydrogen (secondary N) is 1. The molecule has 0 spiro atoms. The number of ether oxygens (including phenoxy) is 1. The smallest absolute Gasteiger partial charge is 0.130 e. The van der Waals surface area contributed by atoms with Crippen LogP contribution in [-0.2, 0) is 13.0 Å². The summed E-state index contributed by atoms with van der Waals surface area (Å²) in [6.07, 6.45) is 2.25. The molecule has 3 rings (SSSR count). The Balaban J connectivity index is 1.84. The van der Waals surface area contributed by atoms with Gasteiger partial charge in [-0.2, -0.15) is 0 Å². The quantitative estimate of drug-likeness (QED) is 0.908. The van der Waals surface area contributed by atoms with Crippen LogP contribution in [0.4, 0.5) is 0 Å². The van der Waals surface area contributed by atoms with Crippen molar-refractivity contribution in [1.29, 1.82) is 0 Å². The minimum absolute atomic E-state index is 0.513. The van der Waals surface area contributed by atoms with E-state index in [4.69, 9.17) is 4.74 Å². The van der Waals surface area contributed by atoms with Gasteiger partial charge in [0.1, 0.15) is 5.75 Å². The number of para-hydroxylation sites is 1. The summed E-state index contributed by atoms with van der Waals surface area (Å²) >= 11 is 0. The van der Waals surface area contributed by atoms with E-state index in [9.17, 15) is 0 Å². The highest BCUT2D eigenvalue weighted by Crippen LogP contribution is 2.36. The summed E-state index contributed by atoms with van der Waals surface area (Å²) in [6.45, 7) is 6.09. The van der Waals surface area contributed by atoms with Crippen molar-refractivity contribution in [2.45, 2.75) is 39.3 Å². The summed E-state index contributed by atoms with van der Waals surface area (Å²) in [7, 11) is 0. The number of hydrogen-bond acceptors (Lipinski definition) is 2. The largest absolute Gasteiger partial charge is 0.493 e. The first-order valence-electron chi connectivity index (χ1n) is 7.81. The highest BCUT2D eigenvalue weighted by Gasteiger charge is 2.15. The zero-order valence-electron chi connectivity index (χ0n) is 12.9. The van der Waals surface area contributed by atoms with E-state index in [0.717, 1.165) is 31.7 Å². The maximum atomic E-state index is 5.91. The van der Waals surface area contributed by atoms with Crippen LogP contribution in [0.3, 0.4) is 0 Å². The molecule has 0 radical (unpaired) electrons. The second-order valence-corrected chi connectivity index (χ2v) is 5.98. The number of rotatable bonds is 4. The van der Waals surface area contributed by atoms with Gasteiger partial charge in [0.15, 0.2) is 0 Å². The lowest BCUT2D eigenvalue weighted by Crippen LogP contribution is -2.21. The fourth-order valence-electron chi connectivity index (χ4n) is 2.74. The fraction of sp³-hybridized carbons (Fsp3) is 0.368. The summed E-state index contributed by atoms with van der Waals surface area (Å²) in [5.41, 5.74) is 5.11. The SMILES string of the molecule is CC(C)NCc1ccc(-c2cccc3c2OCCC3)cc1. The predicted molar refractivity (Wildman–Crippen MR) is 87.7 cm³/mol. The molecule has 110 valence electrons. The standard InChI is InChI=1S/C19H23NO/c1-14(2)20-13-15-8-10-16(11-9-15)18-7-3-5-17-6-4-12-21-19(17)18/h3,5,7-11,14,20H,4,6,12-13H2,1-2H3. The topological polar surface area (TPSA) is 21.3 Å². The molecule has 2 nitrogen and oxygen atoms in total. The van der Waals surface area contributed by atoms with E-state index in [1.807, 2.05) is 0 Å². The Morgan fingerprint density at radius 2 is 1.90 bits per heavy atom. The van der Waals surface area contributed by atoms with Crippen LogP contribution in [0.5, 0.6) is 5.75 Å². The second kappa shape index (κ2) is 6.31. The molecular formula is C19H23NO. The van der Waals surface area contributed by atoms with Gasteiger partial charge < -0.3 is 10.1 Å². The van der Waals surface area contributed by atoms with Gasteiger partial charge in [0, 0.05) is 18.2 Å². The molecule has 0 unspecified atom stereocenters. The molecule has 1 aliphatic heterocycles. The Hall–Kier alpha value is -1.80. The third kappa shape index (κ3) is 3.27. The van der Waals surface area contributed by atoms with Crippen molar-refractivity contribution >= 4 is 0 Å². The maximum Gasteiger partial charge on any atom is 0.130 e. The van der Waals surface area contributed by atoms with Gasteiger partial charge in [0.2, 0.25) is 0 Å². The van der Waals surface area contributed by atoms with E-state index in [1.54, 1.807) is 0 Å². The van der Waals surface area contributed by atoms with E-state index < -0.39 is 0 Å². The molecule has 1 N–H and O–H groups in total. The van der Waals surface area contributed by atoms with Crippen molar-refractivity contribution in [3.63, 3.8) is 0 Å². The normalized spacial score (nSPS) is 13.9. The summed E-state index contributed by atoms with van der Waals surface area (Å²) < 4.78 is 5.91. The van der Waals surface area contributed by atoms with E-state index in [1.165, 1.54) is 22.3 Å². The van der Waals surface area contributed by atoms with Crippen molar-refractivity contribution in [3.05, 3.63) is 53.6 Å². The first-order chi connectivity index (χ1) is 10.2. The molecule has 0 amide bonds. The Labute approximate surface area is 127 Å². The van der Waals surface area contributed by atoms with Crippen LogP contribution in [0, 0.1) is 0 Å². The summed E-state index contributed by atoms with van der Waals surface area (Å²) in [5.74, 6) is 1.08. The predicted octanol–water partition coefficient (Wildman–Crippen LogP) is 4.18. The monoisotopic (exact) mass is 281 g/mol. The zero-order chi connectivity index (χ0) is 14.7. The molecule has 0 saturated carbocycles. The minimum atomic E-state index is 0.513. The Bertz CT molecular complexity index is 601. The highest BCUT2D eigenvalue weighted by atomic mass is 16.5. The van der Waals surface area contributed by atoms with Crippen LogP contribution in [0.2, 0.25) is 0 Å². The third-order valence-electron chi connectivity index (χ3n) is 3.91. The maximum absolute atomic E-state index is 5.91. The molecule has 1 heterocycles.